The van der Waals surface area contributed by atoms with Crippen LogP contribution in [0.25, 0.3) is 0 Å². The average Bonchev–Trinajstić information content (AvgIpc) is 3.43. The van der Waals surface area contributed by atoms with Crippen LogP contribution in [-0.2, 0) is 9.53 Å². The fourth-order valence-corrected chi connectivity index (χ4v) is 6.07. The molecule has 1 fully saturated rings. The van der Waals surface area contributed by atoms with Crippen molar-refractivity contribution in [2.45, 2.75) is 12.0 Å². The number of hydrogen-bond acceptors (Lipinski definition) is 6. The van der Waals surface area contributed by atoms with Crippen molar-refractivity contribution < 1.29 is 14.3 Å². The first kappa shape index (κ1) is 24.5. The first-order chi connectivity index (χ1) is 17.6. The Labute approximate surface area is 216 Å². The monoisotopic (exact) mass is 504 g/mol. The number of methoxy groups -OCH3 is 1. The maximum atomic E-state index is 14.1. The van der Waals surface area contributed by atoms with Gasteiger partial charge < -0.3 is 24.8 Å². The van der Waals surface area contributed by atoms with E-state index in [1.54, 1.807) is 23.3 Å². The zero-order valence-electron chi connectivity index (χ0n) is 20.7. The number of para-hydroxylation sites is 2. The van der Waals surface area contributed by atoms with Gasteiger partial charge in [0.2, 0.25) is 5.91 Å². The van der Waals surface area contributed by atoms with Crippen LogP contribution in [0.5, 0.6) is 0 Å². The van der Waals surface area contributed by atoms with Crippen molar-refractivity contribution in [1.29, 1.82) is 0 Å². The van der Waals surface area contributed by atoms with Crippen LogP contribution in [0.3, 0.4) is 0 Å². The van der Waals surface area contributed by atoms with Gasteiger partial charge >= 0.3 is 0 Å². The number of amides is 2. The zero-order valence-corrected chi connectivity index (χ0v) is 21.5. The van der Waals surface area contributed by atoms with E-state index in [2.05, 4.69) is 28.2 Å². The molecule has 0 aliphatic carbocycles. The van der Waals surface area contributed by atoms with E-state index in [0.717, 1.165) is 48.0 Å². The maximum absolute atomic E-state index is 14.1. The van der Waals surface area contributed by atoms with Crippen molar-refractivity contribution in [3.8, 4) is 0 Å². The molecule has 36 heavy (non-hydrogen) atoms. The molecule has 0 radical (unpaired) electrons. The number of ether oxygens (including phenoxy) is 1. The van der Waals surface area contributed by atoms with Gasteiger partial charge in [-0.05, 0) is 42.3 Å². The lowest BCUT2D eigenvalue weighted by Crippen LogP contribution is -2.47. The summed E-state index contributed by atoms with van der Waals surface area (Å²) in [5, 5.41) is 5.25. The minimum absolute atomic E-state index is 0.0667. The van der Waals surface area contributed by atoms with Gasteiger partial charge in [-0.1, -0.05) is 36.4 Å². The Hall–Kier alpha value is -3.20. The highest BCUT2D eigenvalue weighted by Crippen LogP contribution is 2.45. The molecule has 2 aliphatic heterocycles. The van der Waals surface area contributed by atoms with Crippen LogP contribution in [0.4, 0.5) is 11.4 Å². The number of fused-ring (bicyclic) bond motifs is 1. The van der Waals surface area contributed by atoms with E-state index in [0.29, 0.717) is 18.7 Å². The Morgan fingerprint density at radius 3 is 2.53 bits per heavy atom. The first-order valence-corrected chi connectivity index (χ1v) is 13.2. The average molecular weight is 505 g/mol. The molecular formula is C28H32N4O3S. The Morgan fingerprint density at radius 1 is 1.03 bits per heavy atom. The fourth-order valence-electron chi connectivity index (χ4n) is 5.20. The number of rotatable bonds is 7. The summed E-state index contributed by atoms with van der Waals surface area (Å²) in [5.41, 5.74) is 3.18. The van der Waals surface area contributed by atoms with Gasteiger partial charge in [0.1, 0.15) is 0 Å². The van der Waals surface area contributed by atoms with Gasteiger partial charge in [-0.15, -0.1) is 11.3 Å². The van der Waals surface area contributed by atoms with E-state index >= 15 is 0 Å². The summed E-state index contributed by atoms with van der Waals surface area (Å²) in [4.78, 5) is 35.2. The first-order valence-electron chi connectivity index (χ1n) is 12.3. The smallest absolute Gasteiger partial charge is 0.254 e. The molecule has 1 saturated heterocycles. The number of carbonyl (C=O) groups excluding carboxylic acids is 2. The predicted octanol–water partition coefficient (Wildman–Crippen LogP) is 4.07. The predicted molar refractivity (Wildman–Crippen MR) is 144 cm³/mol. The van der Waals surface area contributed by atoms with Crippen molar-refractivity contribution in [1.82, 2.24) is 9.80 Å². The lowest BCUT2D eigenvalue weighted by Gasteiger charge is -2.41. The number of nitrogens with zero attached hydrogens (tertiary/aromatic N) is 3. The standard InChI is InChI=1S/C28H32N4O3S/c1-30-13-15-31(16-14-30)23-11-6-5-10-22(23)29-27(33)25-20-8-3-4-9-21(20)28(34)32(17-18-35-2)26(25)24-12-7-19-36-24/h3-12,19,25-26H,13-18H2,1-2H3,(H,29,33). The second-order valence-electron chi connectivity index (χ2n) is 9.31. The topological polar surface area (TPSA) is 65.1 Å². The fraction of sp³-hybridized carbons (Fsp3) is 0.357. The number of carbonyl (C=O) groups is 2. The van der Waals surface area contributed by atoms with Crippen LogP contribution in [-0.4, -0.2) is 75.1 Å². The maximum Gasteiger partial charge on any atom is 0.254 e. The van der Waals surface area contributed by atoms with E-state index < -0.39 is 12.0 Å². The van der Waals surface area contributed by atoms with Crippen LogP contribution < -0.4 is 10.2 Å². The second-order valence-corrected chi connectivity index (χ2v) is 10.3. The molecule has 2 atom stereocenters. The third kappa shape index (κ3) is 4.76. The van der Waals surface area contributed by atoms with Crippen LogP contribution in [0, 0.1) is 0 Å². The van der Waals surface area contributed by atoms with Crippen LogP contribution >= 0.6 is 11.3 Å². The lowest BCUT2D eigenvalue weighted by atomic mass is 9.81. The molecule has 2 amide bonds. The number of piperazine rings is 1. The summed E-state index contributed by atoms with van der Waals surface area (Å²) < 4.78 is 5.33. The Morgan fingerprint density at radius 2 is 1.78 bits per heavy atom. The van der Waals surface area contributed by atoms with Gasteiger partial charge in [-0.25, -0.2) is 0 Å². The Bertz CT molecular complexity index is 1210. The van der Waals surface area contributed by atoms with Gasteiger partial charge in [0, 0.05) is 50.3 Å². The lowest BCUT2D eigenvalue weighted by molar-refractivity contribution is -0.119. The molecule has 0 bridgehead atoms. The van der Waals surface area contributed by atoms with Crippen molar-refractivity contribution >= 4 is 34.5 Å². The third-order valence-corrected chi connectivity index (χ3v) is 8.04. The number of benzene rings is 2. The van der Waals surface area contributed by atoms with Crippen molar-refractivity contribution in [2.24, 2.45) is 0 Å². The number of thiophene rings is 1. The van der Waals surface area contributed by atoms with Crippen LogP contribution in [0.2, 0.25) is 0 Å². The molecule has 1 aromatic heterocycles. The molecular weight excluding hydrogens is 472 g/mol. The highest BCUT2D eigenvalue weighted by molar-refractivity contribution is 7.10. The van der Waals surface area contributed by atoms with Crippen molar-refractivity contribution in [3.05, 3.63) is 82.0 Å². The summed E-state index contributed by atoms with van der Waals surface area (Å²) in [6.45, 7) is 4.59. The number of nitrogens with one attached hydrogen (secondary N) is 1. The second kappa shape index (κ2) is 10.8. The van der Waals surface area contributed by atoms with E-state index in [1.807, 2.05) is 60.0 Å². The Balaban J connectivity index is 1.52. The minimum atomic E-state index is -0.546. The van der Waals surface area contributed by atoms with E-state index in [9.17, 15) is 9.59 Å². The molecule has 5 rings (SSSR count). The summed E-state index contributed by atoms with van der Waals surface area (Å²) >= 11 is 1.57. The molecule has 2 aliphatic rings. The zero-order chi connectivity index (χ0) is 25.1. The minimum Gasteiger partial charge on any atom is -0.383 e. The van der Waals surface area contributed by atoms with E-state index in [4.69, 9.17) is 4.74 Å². The highest BCUT2D eigenvalue weighted by atomic mass is 32.1. The molecule has 0 saturated carbocycles. The van der Waals surface area contributed by atoms with E-state index in [-0.39, 0.29) is 11.8 Å². The molecule has 2 unspecified atom stereocenters. The van der Waals surface area contributed by atoms with Crippen LogP contribution in [0.1, 0.15) is 32.8 Å². The summed E-state index contributed by atoms with van der Waals surface area (Å²) in [7, 11) is 3.76. The van der Waals surface area contributed by atoms with Gasteiger partial charge in [0.05, 0.1) is 29.9 Å². The highest BCUT2D eigenvalue weighted by Gasteiger charge is 2.44. The normalized spacial score (nSPS) is 20.3. The summed E-state index contributed by atoms with van der Waals surface area (Å²) in [6, 6.07) is 19.1. The van der Waals surface area contributed by atoms with Gasteiger partial charge in [-0.2, -0.15) is 0 Å². The summed E-state index contributed by atoms with van der Waals surface area (Å²) in [6.07, 6.45) is 0. The van der Waals surface area contributed by atoms with Gasteiger partial charge in [0.25, 0.3) is 5.91 Å². The molecule has 7 nitrogen and oxygen atoms in total. The largest absolute Gasteiger partial charge is 0.383 e. The number of likely N-dealkylation sites (N-methyl/N-ethyl adjacent to an activating group) is 1. The summed E-state index contributed by atoms with van der Waals surface area (Å²) in [5.74, 6) is -0.727. The van der Waals surface area contributed by atoms with Crippen molar-refractivity contribution in [3.63, 3.8) is 0 Å². The van der Waals surface area contributed by atoms with Crippen molar-refractivity contribution in [2.75, 3.05) is 63.7 Å². The Kier molecular flexibility index (Phi) is 7.36. The molecule has 0 spiro atoms. The van der Waals surface area contributed by atoms with Gasteiger partial charge in [0.15, 0.2) is 0 Å². The molecule has 188 valence electrons. The molecule has 2 aromatic carbocycles. The number of hydrogen-bond donors (Lipinski definition) is 1. The SMILES string of the molecule is COCCN1C(=O)c2ccccc2C(C(=O)Nc2ccccc2N2CCN(C)CC2)C1c1cccs1. The van der Waals surface area contributed by atoms with E-state index in [1.165, 1.54) is 0 Å². The quantitative estimate of drug-likeness (QED) is 0.526. The molecule has 3 heterocycles. The number of anilines is 2. The van der Waals surface area contributed by atoms with Gasteiger partial charge in [-0.3, -0.25) is 9.59 Å². The van der Waals surface area contributed by atoms with Crippen LogP contribution in [0.15, 0.2) is 66.0 Å². The third-order valence-electron chi connectivity index (χ3n) is 7.10. The molecule has 8 heteroatoms. The molecule has 1 N–H and O–H groups in total. The molecule has 3 aromatic rings.